The van der Waals surface area contributed by atoms with Crippen LogP contribution in [0.25, 0.3) is 0 Å². The van der Waals surface area contributed by atoms with Gasteiger partial charge in [-0.2, -0.15) is 4.31 Å². The van der Waals surface area contributed by atoms with E-state index in [1.807, 2.05) is 13.8 Å². The van der Waals surface area contributed by atoms with Gasteiger partial charge in [0.1, 0.15) is 0 Å². The van der Waals surface area contributed by atoms with Gasteiger partial charge in [0, 0.05) is 24.0 Å². The van der Waals surface area contributed by atoms with E-state index in [-0.39, 0.29) is 6.04 Å². The molecule has 0 radical (unpaired) electrons. The van der Waals surface area contributed by atoms with Crippen molar-refractivity contribution in [2.24, 2.45) is 0 Å². The van der Waals surface area contributed by atoms with Crippen LogP contribution in [-0.4, -0.2) is 38.4 Å². The maximum absolute atomic E-state index is 12.7. The summed E-state index contributed by atoms with van der Waals surface area (Å²) < 4.78 is 27.8. The van der Waals surface area contributed by atoms with Crippen LogP contribution in [0, 0.1) is 6.92 Å². The molecule has 2 heterocycles. The Bertz CT molecular complexity index is 540. The summed E-state index contributed by atoms with van der Waals surface area (Å²) in [5, 5.41) is 3.35. The number of hydrogen-bond acceptors (Lipinski definition) is 4. The van der Waals surface area contributed by atoms with E-state index in [1.54, 1.807) is 10.4 Å². The lowest BCUT2D eigenvalue weighted by Gasteiger charge is -2.32. The first kappa shape index (κ1) is 15.4. The average Bonchev–Trinajstić information content (AvgIpc) is 2.70. The van der Waals surface area contributed by atoms with Crippen molar-refractivity contribution in [3.8, 4) is 0 Å². The van der Waals surface area contributed by atoms with E-state index < -0.39 is 10.0 Å². The quantitative estimate of drug-likeness (QED) is 0.890. The minimum absolute atomic E-state index is 0.274. The van der Waals surface area contributed by atoms with Crippen molar-refractivity contribution in [2.75, 3.05) is 19.6 Å². The zero-order valence-corrected chi connectivity index (χ0v) is 14.4. The fourth-order valence-electron chi connectivity index (χ4n) is 2.44. The number of halogens is 1. The smallest absolute Gasteiger partial charge is 0.244 e. The molecule has 1 atom stereocenters. The second-order valence-electron chi connectivity index (χ2n) is 4.73. The predicted octanol–water partition coefficient (Wildman–Crippen LogP) is 2.58. The number of hydrogen-bond donors (Lipinski definition) is 1. The fraction of sp³-hybridized carbons (Fsp3) is 0.667. The van der Waals surface area contributed by atoms with E-state index >= 15 is 0 Å². The Morgan fingerprint density at radius 1 is 1.58 bits per heavy atom. The first-order valence-electron chi connectivity index (χ1n) is 6.44. The molecule has 1 aromatic heterocycles. The standard InChI is InChI=1S/C12H19BrN2O2S2/c1-3-14-10-5-4-6-15(8-10)19(16,17)11-7-12(13)18-9(11)2/h7,10,14H,3-6,8H2,1-2H3. The van der Waals surface area contributed by atoms with Crippen LogP contribution in [-0.2, 0) is 10.0 Å². The highest BCUT2D eigenvalue weighted by Gasteiger charge is 2.31. The van der Waals surface area contributed by atoms with Gasteiger partial charge < -0.3 is 5.32 Å². The maximum Gasteiger partial charge on any atom is 0.244 e. The minimum atomic E-state index is -3.35. The molecule has 1 aliphatic heterocycles. The van der Waals surface area contributed by atoms with Crippen molar-refractivity contribution in [3.63, 3.8) is 0 Å². The molecule has 19 heavy (non-hydrogen) atoms. The number of thiophene rings is 1. The highest BCUT2D eigenvalue weighted by molar-refractivity contribution is 9.11. The molecule has 0 saturated carbocycles. The van der Waals surface area contributed by atoms with Crippen molar-refractivity contribution in [3.05, 3.63) is 14.7 Å². The summed E-state index contributed by atoms with van der Waals surface area (Å²) in [5.41, 5.74) is 0. The van der Waals surface area contributed by atoms with E-state index in [4.69, 9.17) is 0 Å². The lowest BCUT2D eigenvalue weighted by molar-refractivity contribution is 0.286. The van der Waals surface area contributed by atoms with Crippen LogP contribution in [0.15, 0.2) is 14.7 Å². The maximum atomic E-state index is 12.7. The van der Waals surface area contributed by atoms with Crippen LogP contribution >= 0.6 is 27.3 Å². The van der Waals surface area contributed by atoms with Gasteiger partial charge >= 0.3 is 0 Å². The van der Waals surface area contributed by atoms with Gasteiger partial charge in [-0.15, -0.1) is 11.3 Å². The van der Waals surface area contributed by atoms with Gasteiger partial charge in [-0.3, -0.25) is 0 Å². The van der Waals surface area contributed by atoms with Crippen LogP contribution in [0.2, 0.25) is 0 Å². The van der Waals surface area contributed by atoms with Crippen LogP contribution < -0.4 is 5.32 Å². The molecular formula is C12H19BrN2O2S2. The molecule has 4 nitrogen and oxygen atoms in total. The SMILES string of the molecule is CCNC1CCCN(S(=O)(=O)c2cc(Br)sc2C)C1. The highest BCUT2D eigenvalue weighted by Crippen LogP contribution is 2.32. The molecule has 1 aromatic rings. The highest BCUT2D eigenvalue weighted by atomic mass is 79.9. The van der Waals surface area contributed by atoms with Gasteiger partial charge in [0.05, 0.1) is 8.68 Å². The zero-order valence-electron chi connectivity index (χ0n) is 11.1. The molecular weight excluding hydrogens is 348 g/mol. The molecule has 0 bridgehead atoms. The Balaban J connectivity index is 2.22. The molecule has 0 amide bonds. The molecule has 0 aliphatic carbocycles. The number of rotatable bonds is 4. The Hall–Kier alpha value is 0.0500. The van der Waals surface area contributed by atoms with Gasteiger partial charge in [-0.25, -0.2) is 8.42 Å². The fourth-order valence-corrected chi connectivity index (χ4v) is 6.35. The summed E-state index contributed by atoms with van der Waals surface area (Å²) in [6.07, 6.45) is 1.97. The van der Waals surface area contributed by atoms with E-state index in [2.05, 4.69) is 21.2 Å². The molecule has 1 N–H and O–H groups in total. The second-order valence-corrected chi connectivity index (χ2v) is 9.27. The molecule has 2 rings (SSSR count). The number of nitrogens with one attached hydrogen (secondary N) is 1. The molecule has 108 valence electrons. The van der Waals surface area contributed by atoms with Crippen molar-refractivity contribution in [1.29, 1.82) is 0 Å². The third-order valence-electron chi connectivity index (χ3n) is 3.34. The Kier molecular flexibility index (Phi) is 5.05. The van der Waals surface area contributed by atoms with Crippen molar-refractivity contribution in [2.45, 2.75) is 37.6 Å². The molecule has 7 heteroatoms. The number of sulfonamides is 1. The van der Waals surface area contributed by atoms with Gasteiger partial charge in [0.2, 0.25) is 10.0 Å². The molecule has 1 aliphatic rings. The van der Waals surface area contributed by atoms with Gasteiger partial charge in [0.25, 0.3) is 0 Å². The van der Waals surface area contributed by atoms with Crippen LogP contribution in [0.4, 0.5) is 0 Å². The molecule has 0 aromatic carbocycles. The van der Waals surface area contributed by atoms with Crippen LogP contribution in [0.5, 0.6) is 0 Å². The van der Waals surface area contributed by atoms with E-state index in [1.165, 1.54) is 11.3 Å². The molecule has 0 spiro atoms. The summed E-state index contributed by atoms with van der Waals surface area (Å²) in [5.74, 6) is 0. The molecule has 1 saturated heterocycles. The first-order chi connectivity index (χ1) is 8.95. The first-order valence-corrected chi connectivity index (χ1v) is 9.49. The van der Waals surface area contributed by atoms with Crippen molar-refractivity contribution in [1.82, 2.24) is 9.62 Å². The lowest BCUT2D eigenvalue weighted by Crippen LogP contribution is -2.47. The molecule has 1 fully saturated rings. The number of aryl methyl sites for hydroxylation is 1. The summed E-state index contributed by atoms with van der Waals surface area (Å²) in [6, 6.07) is 1.99. The van der Waals surface area contributed by atoms with Crippen molar-refractivity contribution < 1.29 is 8.42 Å². The zero-order chi connectivity index (χ0) is 14.0. The summed E-state index contributed by atoms with van der Waals surface area (Å²) in [7, 11) is -3.35. The second kappa shape index (κ2) is 6.22. The normalized spacial score (nSPS) is 21.7. The van der Waals surface area contributed by atoms with E-state index in [9.17, 15) is 8.42 Å². The van der Waals surface area contributed by atoms with Gasteiger partial charge in [0.15, 0.2) is 0 Å². The third kappa shape index (κ3) is 3.39. The molecule has 1 unspecified atom stereocenters. The Morgan fingerprint density at radius 3 is 2.89 bits per heavy atom. The lowest BCUT2D eigenvalue weighted by atomic mass is 10.1. The average molecular weight is 367 g/mol. The van der Waals surface area contributed by atoms with Crippen LogP contribution in [0.3, 0.4) is 0 Å². The van der Waals surface area contributed by atoms with Crippen LogP contribution in [0.1, 0.15) is 24.6 Å². The van der Waals surface area contributed by atoms with E-state index in [0.717, 1.165) is 28.0 Å². The largest absolute Gasteiger partial charge is 0.313 e. The topological polar surface area (TPSA) is 49.4 Å². The number of nitrogens with zero attached hydrogens (tertiary/aromatic N) is 1. The predicted molar refractivity (Wildman–Crippen MR) is 82.2 cm³/mol. The third-order valence-corrected chi connectivity index (χ3v) is 7.01. The monoisotopic (exact) mass is 366 g/mol. The Labute approximate surface area is 127 Å². The minimum Gasteiger partial charge on any atom is -0.313 e. The summed E-state index contributed by atoms with van der Waals surface area (Å²) in [6.45, 7) is 5.98. The Morgan fingerprint density at radius 2 is 2.32 bits per heavy atom. The van der Waals surface area contributed by atoms with Gasteiger partial charge in [-0.05, 0) is 48.3 Å². The van der Waals surface area contributed by atoms with E-state index in [0.29, 0.717) is 18.0 Å². The van der Waals surface area contributed by atoms with Crippen molar-refractivity contribution >= 4 is 37.3 Å². The summed E-state index contributed by atoms with van der Waals surface area (Å²) >= 11 is 4.83. The summed E-state index contributed by atoms with van der Waals surface area (Å²) in [4.78, 5) is 1.29. The number of piperidine rings is 1. The van der Waals surface area contributed by atoms with Gasteiger partial charge in [-0.1, -0.05) is 6.92 Å². The number of likely N-dealkylation sites (N-methyl/N-ethyl adjacent to an activating group) is 1.